The molecule has 1 aromatic heterocycles. The Hall–Kier alpha value is -2.99. The monoisotopic (exact) mass is 354 g/mol. The fourth-order valence-corrected chi connectivity index (χ4v) is 2.93. The largest absolute Gasteiger partial charge is 0.481 e. The van der Waals surface area contributed by atoms with E-state index in [1.807, 2.05) is 30.5 Å². The Bertz CT molecular complexity index is 978. The van der Waals surface area contributed by atoms with Gasteiger partial charge >= 0.3 is 5.97 Å². The molecule has 0 spiro atoms. The van der Waals surface area contributed by atoms with Gasteiger partial charge in [0.25, 0.3) is 0 Å². The van der Waals surface area contributed by atoms with Crippen molar-refractivity contribution in [3.8, 4) is 11.1 Å². The molecular weight excluding hydrogens is 335 g/mol. The first-order chi connectivity index (χ1) is 12.5. The Morgan fingerprint density at radius 3 is 2.50 bits per heavy atom. The third-order valence-corrected chi connectivity index (χ3v) is 4.34. The van der Waals surface area contributed by atoms with Crippen LogP contribution in [-0.2, 0) is 22.7 Å². The number of rotatable bonds is 7. The standard InChI is InChI=1S/C20H19FN2O3/c21-18-5-3-14(9-16(18)11-22)15-2-1-13-7-8-23(19(13)10-15)12-17(24)4-6-20(25)26/h1-3,5,7-10H,4,6,11-12,22H2,(H,25,26). The molecule has 0 aliphatic carbocycles. The highest BCUT2D eigenvalue weighted by atomic mass is 19.1. The number of carboxylic acid groups (broad SMARTS) is 1. The molecule has 1 heterocycles. The maximum absolute atomic E-state index is 13.7. The second-order valence-corrected chi connectivity index (χ2v) is 6.16. The lowest BCUT2D eigenvalue weighted by Gasteiger charge is -2.08. The summed E-state index contributed by atoms with van der Waals surface area (Å²) in [6, 6.07) is 12.5. The van der Waals surface area contributed by atoms with Crippen molar-refractivity contribution in [2.75, 3.05) is 0 Å². The zero-order valence-electron chi connectivity index (χ0n) is 14.1. The molecule has 0 amide bonds. The molecule has 0 aliphatic heterocycles. The highest BCUT2D eigenvalue weighted by Gasteiger charge is 2.10. The molecule has 0 unspecified atom stereocenters. The van der Waals surface area contributed by atoms with E-state index in [1.165, 1.54) is 6.07 Å². The van der Waals surface area contributed by atoms with Crippen LogP contribution in [-0.4, -0.2) is 21.4 Å². The highest BCUT2D eigenvalue weighted by Crippen LogP contribution is 2.27. The van der Waals surface area contributed by atoms with E-state index < -0.39 is 5.97 Å². The molecule has 0 radical (unpaired) electrons. The number of carbonyl (C=O) groups is 2. The van der Waals surface area contributed by atoms with Crippen molar-refractivity contribution in [2.45, 2.75) is 25.9 Å². The molecule has 0 bridgehead atoms. The first-order valence-corrected chi connectivity index (χ1v) is 8.29. The number of hydrogen-bond donors (Lipinski definition) is 2. The van der Waals surface area contributed by atoms with Gasteiger partial charge in [-0.15, -0.1) is 0 Å². The number of carboxylic acids is 1. The van der Waals surface area contributed by atoms with Crippen molar-refractivity contribution < 1.29 is 19.1 Å². The van der Waals surface area contributed by atoms with Gasteiger partial charge in [0.15, 0.2) is 5.78 Å². The number of hydrogen-bond acceptors (Lipinski definition) is 3. The summed E-state index contributed by atoms with van der Waals surface area (Å²) in [6.07, 6.45) is 1.65. The average Bonchev–Trinajstić information content (AvgIpc) is 3.02. The van der Waals surface area contributed by atoms with E-state index in [-0.39, 0.29) is 37.5 Å². The molecule has 0 saturated heterocycles. The van der Waals surface area contributed by atoms with E-state index in [4.69, 9.17) is 10.8 Å². The Labute approximate surface area is 149 Å². The van der Waals surface area contributed by atoms with Crippen LogP contribution in [0.1, 0.15) is 18.4 Å². The van der Waals surface area contributed by atoms with E-state index >= 15 is 0 Å². The van der Waals surface area contributed by atoms with E-state index in [0.717, 1.165) is 22.0 Å². The number of fused-ring (bicyclic) bond motifs is 1. The van der Waals surface area contributed by atoms with Crippen LogP contribution in [0.25, 0.3) is 22.0 Å². The molecule has 3 N–H and O–H groups in total. The number of aromatic nitrogens is 1. The minimum Gasteiger partial charge on any atom is -0.481 e. The number of halogens is 1. The van der Waals surface area contributed by atoms with Crippen LogP contribution in [0.2, 0.25) is 0 Å². The lowest BCUT2D eigenvalue weighted by Crippen LogP contribution is -2.10. The fraction of sp³-hybridized carbons (Fsp3) is 0.200. The molecule has 26 heavy (non-hydrogen) atoms. The van der Waals surface area contributed by atoms with Gasteiger partial charge in [-0.3, -0.25) is 9.59 Å². The topological polar surface area (TPSA) is 85.3 Å². The smallest absolute Gasteiger partial charge is 0.303 e. The Morgan fingerprint density at radius 2 is 1.77 bits per heavy atom. The average molecular weight is 354 g/mol. The van der Waals surface area contributed by atoms with Gasteiger partial charge in [-0.2, -0.15) is 0 Å². The molecule has 134 valence electrons. The van der Waals surface area contributed by atoms with Crippen molar-refractivity contribution in [1.29, 1.82) is 0 Å². The van der Waals surface area contributed by atoms with E-state index in [0.29, 0.717) is 5.56 Å². The van der Waals surface area contributed by atoms with Gasteiger partial charge < -0.3 is 15.4 Å². The number of Topliss-reactive ketones (excluding diaryl/α,β-unsaturated/α-hetero) is 1. The summed E-state index contributed by atoms with van der Waals surface area (Å²) in [4.78, 5) is 22.6. The number of nitrogens with two attached hydrogens (primary N) is 1. The van der Waals surface area contributed by atoms with Crippen molar-refractivity contribution in [3.63, 3.8) is 0 Å². The van der Waals surface area contributed by atoms with Crippen molar-refractivity contribution >= 4 is 22.7 Å². The number of nitrogens with zero attached hydrogens (tertiary/aromatic N) is 1. The maximum atomic E-state index is 13.7. The SMILES string of the molecule is NCc1cc(-c2ccc3ccn(CC(=O)CCC(=O)O)c3c2)ccc1F. The number of benzene rings is 2. The summed E-state index contributed by atoms with van der Waals surface area (Å²) in [5, 5.41) is 9.66. The third-order valence-electron chi connectivity index (χ3n) is 4.34. The Morgan fingerprint density at radius 1 is 1.04 bits per heavy atom. The van der Waals surface area contributed by atoms with E-state index in [1.54, 1.807) is 16.7 Å². The highest BCUT2D eigenvalue weighted by molar-refractivity contribution is 5.88. The molecule has 5 nitrogen and oxygen atoms in total. The van der Waals surface area contributed by atoms with Crippen molar-refractivity contribution in [2.24, 2.45) is 5.73 Å². The summed E-state index contributed by atoms with van der Waals surface area (Å²) in [5.74, 6) is -1.45. The third kappa shape index (κ3) is 3.81. The van der Waals surface area contributed by atoms with Gasteiger partial charge in [-0.1, -0.05) is 18.2 Å². The first-order valence-electron chi connectivity index (χ1n) is 8.29. The molecule has 0 aliphatic rings. The van der Waals surface area contributed by atoms with Crippen LogP contribution in [0.3, 0.4) is 0 Å². The number of ketones is 1. The van der Waals surface area contributed by atoms with Crippen molar-refractivity contribution in [3.05, 3.63) is 60.0 Å². The van der Waals surface area contributed by atoms with Crippen LogP contribution < -0.4 is 5.73 Å². The summed E-state index contributed by atoms with van der Waals surface area (Å²) in [6.45, 7) is 0.244. The van der Waals surface area contributed by atoms with Gasteiger partial charge in [0.05, 0.1) is 13.0 Å². The van der Waals surface area contributed by atoms with Crippen LogP contribution in [0.4, 0.5) is 4.39 Å². The second-order valence-electron chi connectivity index (χ2n) is 6.16. The van der Waals surface area contributed by atoms with E-state index in [9.17, 15) is 14.0 Å². The zero-order chi connectivity index (χ0) is 18.7. The number of carbonyl (C=O) groups excluding carboxylic acids is 1. The number of aliphatic carboxylic acids is 1. The Kier molecular flexibility index (Phi) is 5.14. The summed E-state index contributed by atoms with van der Waals surface area (Å²) >= 11 is 0. The predicted molar refractivity (Wildman–Crippen MR) is 97.1 cm³/mol. The molecule has 0 saturated carbocycles. The zero-order valence-corrected chi connectivity index (χ0v) is 14.1. The second kappa shape index (κ2) is 7.49. The normalized spacial score (nSPS) is 11.0. The summed E-state index contributed by atoms with van der Waals surface area (Å²) in [7, 11) is 0. The van der Waals surface area contributed by atoms with Gasteiger partial charge in [-0.05, 0) is 40.8 Å². The molecule has 3 aromatic rings. The van der Waals surface area contributed by atoms with Crippen molar-refractivity contribution in [1.82, 2.24) is 4.57 Å². The quantitative estimate of drug-likeness (QED) is 0.681. The van der Waals surface area contributed by atoms with Crippen LogP contribution in [0.5, 0.6) is 0 Å². The lowest BCUT2D eigenvalue weighted by atomic mass is 10.0. The van der Waals surface area contributed by atoms with Gasteiger partial charge in [0.1, 0.15) is 5.82 Å². The van der Waals surface area contributed by atoms with Crippen LogP contribution in [0, 0.1) is 5.82 Å². The molecule has 2 aromatic carbocycles. The fourth-order valence-electron chi connectivity index (χ4n) is 2.93. The van der Waals surface area contributed by atoms with E-state index in [2.05, 4.69) is 0 Å². The summed E-state index contributed by atoms with van der Waals surface area (Å²) in [5.41, 5.74) is 8.63. The molecular formula is C20H19FN2O3. The lowest BCUT2D eigenvalue weighted by molar-refractivity contribution is -0.138. The molecule has 0 fully saturated rings. The molecule has 0 atom stereocenters. The first kappa shape index (κ1) is 17.8. The van der Waals surface area contributed by atoms with Crippen LogP contribution >= 0.6 is 0 Å². The minimum absolute atomic E-state index is 0.00647. The Balaban J connectivity index is 1.91. The van der Waals surface area contributed by atoms with Gasteiger partial charge in [0.2, 0.25) is 0 Å². The van der Waals surface area contributed by atoms with Crippen LogP contribution in [0.15, 0.2) is 48.7 Å². The predicted octanol–water partition coefficient (Wildman–Crippen LogP) is 3.34. The van der Waals surface area contributed by atoms with Gasteiger partial charge in [-0.25, -0.2) is 4.39 Å². The molecule has 6 heteroatoms. The van der Waals surface area contributed by atoms with Gasteiger partial charge in [0, 0.05) is 30.2 Å². The maximum Gasteiger partial charge on any atom is 0.303 e. The molecule has 3 rings (SSSR count). The minimum atomic E-state index is -0.981. The summed E-state index contributed by atoms with van der Waals surface area (Å²) < 4.78 is 15.5.